The minimum absolute atomic E-state index is 0.111. The first kappa shape index (κ1) is 23.4. The summed E-state index contributed by atoms with van der Waals surface area (Å²) in [5.74, 6) is 0.467. The number of hydrogen-bond donors (Lipinski definition) is 3. The van der Waals surface area contributed by atoms with Crippen molar-refractivity contribution in [3.05, 3.63) is 103 Å². The van der Waals surface area contributed by atoms with E-state index in [0.29, 0.717) is 28.5 Å². The number of carbonyl (C=O) groups excluding carboxylic acids is 1. The molecule has 7 aromatic rings. The van der Waals surface area contributed by atoms with Gasteiger partial charge in [0.1, 0.15) is 11.2 Å². The van der Waals surface area contributed by atoms with Gasteiger partial charge in [0.05, 0.1) is 23.7 Å². The molecule has 0 fully saturated rings. The summed E-state index contributed by atoms with van der Waals surface area (Å²) in [5, 5.41) is 11.2. The SMILES string of the molecule is O=C(Cc1ccccc1)Nc1cncc(-c2cnc3[nH]nc(-c4nc5c(-c6ccncc6)ccnc5[nH]4)c3c2)c1. The number of fused-ring (bicyclic) bond motifs is 2. The van der Waals surface area contributed by atoms with Crippen molar-refractivity contribution in [1.82, 2.24) is 40.1 Å². The van der Waals surface area contributed by atoms with Crippen molar-refractivity contribution in [2.75, 3.05) is 5.32 Å². The fourth-order valence-electron chi connectivity index (χ4n) is 4.68. The summed E-state index contributed by atoms with van der Waals surface area (Å²) in [6.45, 7) is 0. The number of pyridine rings is 4. The van der Waals surface area contributed by atoms with Gasteiger partial charge in [-0.25, -0.2) is 15.0 Å². The average molecular weight is 524 g/mol. The summed E-state index contributed by atoms with van der Waals surface area (Å²) >= 11 is 0. The van der Waals surface area contributed by atoms with E-state index in [2.05, 4.69) is 40.4 Å². The predicted molar refractivity (Wildman–Crippen MR) is 152 cm³/mol. The molecule has 0 radical (unpaired) electrons. The maximum atomic E-state index is 12.6. The molecule has 1 aromatic carbocycles. The second-order valence-electron chi connectivity index (χ2n) is 9.24. The Labute approximate surface area is 227 Å². The van der Waals surface area contributed by atoms with Crippen molar-refractivity contribution in [2.24, 2.45) is 0 Å². The zero-order valence-corrected chi connectivity index (χ0v) is 21.0. The molecule has 0 aliphatic rings. The first-order chi connectivity index (χ1) is 19.7. The number of nitrogens with zero attached hydrogens (tertiary/aromatic N) is 6. The molecule has 0 spiro atoms. The van der Waals surface area contributed by atoms with Crippen molar-refractivity contribution in [3.63, 3.8) is 0 Å². The Bertz CT molecular complexity index is 1980. The molecule has 0 bridgehead atoms. The maximum absolute atomic E-state index is 12.6. The summed E-state index contributed by atoms with van der Waals surface area (Å²) in [4.78, 5) is 38.2. The van der Waals surface area contributed by atoms with Crippen molar-refractivity contribution in [1.29, 1.82) is 0 Å². The number of imidazole rings is 1. The third-order valence-electron chi connectivity index (χ3n) is 6.58. The number of carbonyl (C=O) groups is 1. The van der Waals surface area contributed by atoms with Crippen LogP contribution in [0.1, 0.15) is 5.56 Å². The van der Waals surface area contributed by atoms with E-state index in [1.54, 1.807) is 37.2 Å². The van der Waals surface area contributed by atoms with Crippen LogP contribution in [0.25, 0.3) is 56.0 Å². The Hall–Kier alpha value is -5.77. The summed E-state index contributed by atoms with van der Waals surface area (Å²) in [7, 11) is 0. The number of hydrogen-bond acceptors (Lipinski definition) is 7. The van der Waals surface area contributed by atoms with Crippen LogP contribution in [0.5, 0.6) is 0 Å². The van der Waals surface area contributed by atoms with E-state index in [1.807, 2.05) is 60.7 Å². The minimum Gasteiger partial charge on any atom is -0.324 e. The van der Waals surface area contributed by atoms with E-state index in [1.165, 1.54) is 0 Å². The van der Waals surface area contributed by atoms with Crippen LogP contribution < -0.4 is 5.32 Å². The monoisotopic (exact) mass is 523 g/mol. The Balaban J connectivity index is 1.21. The van der Waals surface area contributed by atoms with Crippen LogP contribution in [0.15, 0.2) is 97.8 Å². The van der Waals surface area contributed by atoms with Crippen LogP contribution in [0.4, 0.5) is 5.69 Å². The van der Waals surface area contributed by atoms with Crippen molar-refractivity contribution in [3.8, 4) is 33.8 Å². The van der Waals surface area contributed by atoms with Crippen LogP contribution in [0.2, 0.25) is 0 Å². The third kappa shape index (κ3) is 4.43. The topological polar surface area (TPSA) is 138 Å². The first-order valence-corrected chi connectivity index (χ1v) is 12.6. The second kappa shape index (κ2) is 9.84. The molecular formula is C30H21N9O. The standard InChI is InChI=1S/C30H21N9O/c40-25(12-18-4-2-1-3-5-18)35-22-13-20(15-32-17-22)21-14-24-27(38-39-28(24)34-16-21)30-36-26-23(8-11-33-29(26)37-30)19-6-9-31-10-7-19/h1-11,13-17H,12H2,(H,35,40)(H,33,36,37)(H,34,38,39). The Morgan fingerprint density at radius 2 is 1.65 bits per heavy atom. The number of aromatic amines is 2. The minimum atomic E-state index is -0.111. The number of rotatable bonds is 6. The van der Waals surface area contributed by atoms with Gasteiger partial charge in [0.15, 0.2) is 17.1 Å². The van der Waals surface area contributed by atoms with Gasteiger partial charge < -0.3 is 10.3 Å². The molecule has 1 amide bonds. The Kier molecular flexibility index (Phi) is 5.74. The van der Waals surface area contributed by atoms with Gasteiger partial charge in [-0.3, -0.25) is 19.9 Å². The highest BCUT2D eigenvalue weighted by atomic mass is 16.1. The zero-order chi connectivity index (χ0) is 26.9. The fourth-order valence-corrected chi connectivity index (χ4v) is 4.68. The van der Waals surface area contributed by atoms with E-state index >= 15 is 0 Å². The molecule has 0 atom stereocenters. The van der Waals surface area contributed by atoms with Crippen LogP contribution >= 0.6 is 0 Å². The highest BCUT2D eigenvalue weighted by molar-refractivity contribution is 5.96. The molecular weight excluding hydrogens is 502 g/mol. The normalized spacial score (nSPS) is 11.2. The van der Waals surface area contributed by atoms with Gasteiger partial charge in [0.25, 0.3) is 0 Å². The van der Waals surface area contributed by atoms with Crippen LogP contribution in [-0.2, 0) is 11.2 Å². The van der Waals surface area contributed by atoms with Gasteiger partial charge in [-0.2, -0.15) is 5.10 Å². The van der Waals surface area contributed by atoms with Crippen LogP contribution in [-0.4, -0.2) is 46.0 Å². The number of aromatic nitrogens is 8. The molecule has 3 N–H and O–H groups in total. The molecule has 0 aliphatic heterocycles. The van der Waals surface area contributed by atoms with E-state index in [0.717, 1.165) is 38.7 Å². The summed E-state index contributed by atoms with van der Waals surface area (Å²) in [5.41, 5.74) is 7.80. The highest BCUT2D eigenvalue weighted by Crippen LogP contribution is 2.32. The molecule has 7 rings (SSSR count). The van der Waals surface area contributed by atoms with Crippen molar-refractivity contribution in [2.45, 2.75) is 6.42 Å². The largest absolute Gasteiger partial charge is 0.324 e. The van der Waals surface area contributed by atoms with Crippen LogP contribution in [0.3, 0.4) is 0 Å². The van der Waals surface area contributed by atoms with Gasteiger partial charge in [0.2, 0.25) is 5.91 Å². The third-order valence-corrected chi connectivity index (χ3v) is 6.58. The number of nitrogens with one attached hydrogen (secondary N) is 3. The smallest absolute Gasteiger partial charge is 0.228 e. The number of anilines is 1. The summed E-state index contributed by atoms with van der Waals surface area (Å²) < 4.78 is 0. The van der Waals surface area contributed by atoms with E-state index in [4.69, 9.17) is 4.98 Å². The zero-order valence-electron chi connectivity index (χ0n) is 21.0. The van der Waals surface area contributed by atoms with Crippen molar-refractivity contribution >= 4 is 33.8 Å². The molecule has 0 unspecified atom stereocenters. The quantitative estimate of drug-likeness (QED) is 0.272. The molecule has 6 heterocycles. The molecule has 40 heavy (non-hydrogen) atoms. The van der Waals surface area contributed by atoms with Gasteiger partial charge in [-0.15, -0.1) is 0 Å². The average Bonchev–Trinajstić information content (AvgIpc) is 3.62. The predicted octanol–water partition coefficient (Wildman–Crippen LogP) is 5.20. The molecule has 192 valence electrons. The summed E-state index contributed by atoms with van der Waals surface area (Å²) in [6, 6.07) is 19.3. The summed E-state index contributed by atoms with van der Waals surface area (Å²) in [6.07, 6.45) is 10.7. The van der Waals surface area contributed by atoms with Crippen LogP contribution in [0, 0.1) is 0 Å². The van der Waals surface area contributed by atoms with E-state index < -0.39 is 0 Å². The lowest BCUT2D eigenvalue weighted by molar-refractivity contribution is -0.115. The highest BCUT2D eigenvalue weighted by Gasteiger charge is 2.17. The van der Waals surface area contributed by atoms with Gasteiger partial charge in [0, 0.05) is 47.7 Å². The van der Waals surface area contributed by atoms with Gasteiger partial charge in [-0.1, -0.05) is 30.3 Å². The first-order valence-electron chi connectivity index (χ1n) is 12.6. The van der Waals surface area contributed by atoms with Crippen molar-refractivity contribution < 1.29 is 4.79 Å². The molecule has 6 aromatic heterocycles. The fraction of sp³-hybridized carbons (Fsp3) is 0.0333. The van der Waals surface area contributed by atoms with E-state index in [9.17, 15) is 4.79 Å². The molecule has 10 nitrogen and oxygen atoms in total. The lowest BCUT2D eigenvalue weighted by Crippen LogP contribution is -2.14. The number of amides is 1. The number of H-pyrrole nitrogens is 2. The lowest BCUT2D eigenvalue weighted by Gasteiger charge is -2.07. The lowest BCUT2D eigenvalue weighted by atomic mass is 10.1. The molecule has 0 aliphatic carbocycles. The maximum Gasteiger partial charge on any atom is 0.228 e. The molecule has 10 heteroatoms. The van der Waals surface area contributed by atoms with E-state index in [-0.39, 0.29) is 12.3 Å². The second-order valence-corrected chi connectivity index (χ2v) is 9.24. The van der Waals surface area contributed by atoms with Gasteiger partial charge in [-0.05, 0) is 41.5 Å². The number of benzene rings is 1. The van der Waals surface area contributed by atoms with Gasteiger partial charge >= 0.3 is 0 Å². The molecule has 0 saturated carbocycles. The Morgan fingerprint density at radius 3 is 2.52 bits per heavy atom. The Morgan fingerprint density at radius 1 is 0.800 bits per heavy atom. The molecule has 0 saturated heterocycles.